The molecule has 1 aromatic carbocycles. The average Bonchev–Trinajstić information content (AvgIpc) is 2.78. The number of hydrogen-bond donors (Lipinski definition) is 1. The Labute approximate surface area is 105 Å². The minimum atomic E-state index is -1.04. The van der Waals surface area contributed by atoms with Gasteiger partial charge in [-0.1, -0.05) is 6.07 Å². The first kappa shape index (κ1) is 11.5. The topological polar surface area (TPSA) is 33.4 Å². The minimum absolute atomic E-state index is 0.275. The van der Waals surface area contributed by atoms with Crippen LogP contribution in [0.3, 0.4) is 0 Å². The predicted octanol–water partition coefficient (Wildman–Crippen LogP) is 3.30. The molecule has 0 fully saturated rings. The van der Waals surface area contributed by atoms with Crippen LogP contribution in [0, 0.1) is 12.7 Å². The zero-order valence-corrected chi connectivity index (χ0v) is 10.2. The SMILES string of the molecule is Cc1cc(F)ccc1C1(O)CCCc2occc21. The normalized spacial score (nSPS) is 22.8. The van der Waals surface area contributed by atoms with Crippen LogP contribution in [0.5, 0.6) is 0 Å². The number of fused-ring (bicyclic) bond motifs is 1. The van der Waals surface area contributed by atoms with E-state index in [1.807, 2.05) is 13.0 Å². The molecule has 1 aliphatic carbocycles. The molecule has 1 aromatic heterocycles. The summed E-state index contributed by atoms with van der Waals surface area (Å²) in [6.45, 7) is 1.82. The number of rotatable bonds is 1. The molecule has 3 rings (SSSR count). The smallest absolute Gasteiger partial charge is 0.123 e. The molecule has 0 bridgehead atoms. The van der Waals surface area contributed by atoms with Crippen LogP contribution in [0.15, 0.2) is 34.9 Å². The average molecular weight is 246 g/mol. The molecule has 0 spiro atoms. The van der Waals surface area contributed by atoms with Gasteiger partial charge in [0.05, 0.1) is 6.26 Å². The first-order chi connectivity index (χ1) is 8.61. The third-order valence-electron chi connectivity index (χ3n) is 3.77. The lowest BCUT2D eigenvalue weighted by Gasteiger charge is -2.33. The number of aryl methyl sites for hydroxylation is 2. The van der Waals surface area contributed by atoms with Gasteiger partial charge in [0.2, 0.25) is 0 Å². The maximum Gasteiger partial charge on any atom is 0.123 e. The van der Waals surface area contributed by atoms with Gasteiger partial charge in [-0.2, -0.15) is 0 Å². The van der Waals surface area contributed by atoms with Gasteiger partial charge in [-0.25, -0.2) is 4.39 Å². The molecule has 1 atom stereocenters. The van der Waals surface area contributed by atoms with Gasteiger partial charge in [-0.15, -0.1) is 0 Å². The van der Waals surface area contributed by atoms with Crippen molar-refractivity contribution in [3.63, 3.8) is 0 Å². The van der Waals surface area contributed by atoms with Gasteiger partial charge < -0.3 is 9.52 Å². The van der Waals surface area contributed by atoms with E-state index in [1.165, 1.54) is 12.1 Å². The molecule has 1 unspecified atom stereocenters. The van der Waals surface area contributed by atoms with Crippen molar-refractivity contribution < 1.29 is 13.9 Å². The van der Waals surface area contributed by atoms with E-state index in [-0.39, 0.29) is 5.82 Å². The number of benzene rings is 1. The summed E-state index contributed by atoms with van der Waals surface area (Å²) < 4.78 is 18.6. The first-order valence-electron chi connectivity index (χ1n) is 6.17. The highest BCUT2D eigenvalue weighted by Gasteiger charge is 2.38. The summed E-state index contributed by atoms with van der Waals surface area (Å²) in [7, 11) is 0. The van der Waals surface area contributed by atoms with Crippen molar-refractivity contribution in [2.75, 3.05) is 0 Å². The Balaban J connectivity index is 2.17. The summed E-state index contributed by atoms with van der Waals surface area (Å²) in [6.07, 6.45) is 3.98. The summed E-state index contributed by atoms with van der Waals surface area (Å²) in [5.74, 6) is 0.565. The second kappa shape index (κ2) is 3.95. The highest BCUT2D eigenvalue weighted by Crippen LogP contribution is 2.42. The van der Waals surface area contributed by atoms with E-state index in [4.69, 9.17) is 4.42 Å². The van der Waals surface area contributed by atoms with E-state index < -0.39 is 5.60 Å². The van der Waals surface area contributed by atoms with Crippen molar-refractivity contribution in [1.82, 2.24) is 0 Å². The Kier molecular flexibility index (Phi) is 2.52. The fraction of sp³-hybridized carbons (Fsp3) is 0.333. The van der Waals surface area contributed by atoms with Gasteiger partial charge in [-0.3, -0.25) is 0 Å². The lowest BCUT2D eigenvalue weighted by Crippen LogP contribution is -2.31. The highest BCUT2D eigenvalue weighted by molar-refractivity contribution is 5.43. The fourth-order valence-corrected chi connectivity index (χ4v) is 2.91. The molecule has 0 saturated heterocycles. The fourth-order valence-electron chi connectivity index (χ4n) is 2.91. The maximum atomic E-state index is 13.2. The monoisotopic (exact) mass is 246 g/mol. The summed E-state index contributed by atoms with van der Waals surface area (Å²) in [4.78, 5) is 0. The number of hydrogen-bond acceptors (Lipinski definition) is 2. The van der Waals surface area contributed by atoms with Crippen LogP contribution in [0.2, 0.25) is 0 Å². The predicted molar refractivity (Wildman–Crippen MR) is 65.8 cm³/mol. The highest BCUT2D eigenvalue weighted by atomic mass is 19.1. The van der Waals surface area contributed by atoms with Gasteiger partial charge in [0.15, 0.2) is 0 Å². The second-order valence-electron chi connectivity index (χ2n) is 4.93. The largest absolute Gasteiger partial charge is 0.469 e. The molecular formula is C15H15FO2. The Hall–Kier alpha value is -1.61. The second-order valence-corrected chi connectivity index (χ2v) is 4.93. The molecular weight excluding hydrogens is 231 g/mol. The number of halogens is 1. The molecule has 0 radical (unpaired) electrons. The number of aliphatic hydroxyl groups is 1. The molecule has 0 saturated carbocycles. The van der Waals surface area contributed by atoms with Crippen LogP contribution < -0.4 is 0 Å². The van der Waals surface area contributed by atoms with Crippen molar-refractivity contribution in [2.45, 2.75) is 31.8 Å². The van der Waals surface area contributed by atoms with E-state index in [2.05, 4.69) is 0 Å². The van der Waals surface area contributed by atoms with Crippen LogP contribution in [0.4, 0.5) is 4.39 Å². The third kappa shape index (κ3) is 1.58. The molecule has 94 valence electrons. The zero-order chi connectivity index (χ0) is 12.8. The van der Waals surface area contributed by atoms with Gasteiger partial charge in [0.25, 0.3) is 0 Å². The molecule has 1 heterocycles. The molecule has 18 heavy (non-hydrogen) atoms. The van der Waals surface area contributed by atoms with Crippen LogP contribution in [0.1, 0.15) is 35.3 Å². The van der Waals surface area contributed by atoms with Crippen LogP contribution in [-0.2, 0) is 12.0 Å². The van der Waals surface area contributed by atoms with Crippen LogP contribution in [0.25, 0.3) is 0 Å². The minimum Gasteiger partial charge on any atom is -0.469 e. The maximum absolute atomic E-state index is 13.2. The van der Waals surface area contributed by atoms with E-state index in [0.717, 1.165) is 35.3 Å². The van der Waals surface area contributed by atoms with Crippen LogP contribution >= 0.6 is 0 Å². The molecule has 2 aromatic rings. The summed E-state index contributed by atoms with van der Waals surface area (Å²) in [5, 5.41) is 11.0. The van der Waals surface area contributed by atoms with Gasteiger partial charge in [0, 0.05) is 12.0 Å². The van der Waals surface area contributed by atoms with E-state index in [1.54, 1.807) is 12.3 Å². The number of furan rings is 1. The molecule has 1 aliphatic rings. The van der Waals surface area contributed by atoms with Crippen molar-refractivity contribution in [2.24, 2.45) is 0 Å². The van der Waals surface area contributed by atoms with Crippen molar-refractivity contribution in [3.05, 3.63) is 58.8 Å². The molecule has 0 amide bonds. The summed E-state index contributed by atoms with van der Waals surface area (Å²) in [5.41, 5.74) is 1.32. The Morgan fingerprint density at radius 1 is 1.28 bits per heavy atom. The van der Waals surface area contributed by atoms with Gasteiger partial charge in [-0.05, 0) is 49.1 Å². The molecule has 2 nitrogen and oxygen atoms in total. The van der Waals surface area contributed by atoms with E-state index >= 15 is 0 Å². The summed E-state index contributed by atoms with van der Waals surface area (Å²) in [6, 6.07) is 6.35. The standard InChI is InChI=1S/C15H15FO2/c1-10-9-11(16)4-5-12(10)15(17)7-2-3-14-13(15)6-8-18-14/h4-6,8-9,17H,2-3,7H2,1H3. The van der Waals surface area contributed by atoms with Crippen LogP contribution in [-0.4, -0.2) is 5.11 Å². The molecule has 1 N–H and O–H groups in total. The Morgan fingerprint density at radius 2 is 2.11 bits per heavy atom. The first-order valence-corrected chi connectivity index (χ1v) is 6.17. The summed E-state index contributed by atoms with van der Waals surface area (Å²) >= 11 is 0. The van der Waals surface area contributed by atoms with Crippen molar-refractivity contribution in [3.8, 4) is 0 Å². The van der Waals surface area contributed by atoms with Crippen molar-refractivity contribution >= 4 is 0 Å². The third-order valence-corrected chi connectivity index (χ3v) is 3.77. The van der Waals surface area contributed by atoms with Crippen molar-refractivity contribution in [1.29, 1.82) is 0 Å². The van der Waals surface area contributed by atoms with E-state index in [9.17, 15) is 9.50 Å². The lowest BCUT2D eigenvalue weighted by molar-refractivity contribution is 0.0582. The Morgan fingerprint density at radius 3 is 2.89 bits per heavy atom. The Bertz CT molecular complexity index is 588. The molecule has 0 aliphatic heterocycles. The molecule has 3 heteroatoms. The van der Waals surface area contributed by atoms with Gasteiger partial charge in [0.1, 0.15) is 17.2 Å². The van der Waals surface area contributed by atoms with Gasteiger partial charge >= 0.3 is 0 Å². The lowest BCUT2D eigenvalue weighted by atomic mass is 9.76. The quantitative estimate of drug-likeness (QED) is 0.837. The zero-order valence-electron chi connectivity index (χ0n) is 10.2. The van der Waals surface area contributed by atoms with E-state index in [0.29, 0.717) is 6.42 Å².